The van der Waals surface area contributed by atoms with Crippen LogP contribution in [0.5, 0.6) is 0 Å². The molecule has 0 aliphatic rings. The van der Waals surface area contributed by atoms with Crippen molar-refractivity contribution in [1.82, 2.24) is 0 Å². The Balaban J connectivity index is 2.15. The van der Waals surface area contributed by atoms with Crippen molar-refractivity contribution < 1.29 is 9.50 Å². The molecule has 0 saturated carbocycles. The van der Waals surface area contributed by atoms with Crippen LogP contribution in [0.15, 0.2) is 66.7 Å². The highest BCUT2D eigenvalue weighted by Gasteiger charge is 2.18. The number of rotatable bonds is 3. The standard InChI is InChI=1S/C21H19FO/c1-14-6-3-8-16(12-14)20-18(10-5-11-19(20)22)21(23)17-9-4-7-15(2)13-17/h3-13,21,23H,1-2H3. The van der Waals surface area contributed by atoms with Gasteiger partial charge in [0.05, 0.1) is 0 Å². The number of hydrogen-bond acceptors (Lipinski definition) is 1. The quantitative estimate of drug-likeness (QED) is 0.706. The molecule has 0 radical (unpaired) electrons. The van der Waals surface area contributed by atoms with E-state index in [9.17, 15) is 9.50 Å². The van der Waals surface area contributed by atoms with Crippen LogP contribution >= 0.6 is 0 Å². The molecule has 0 saturated heterocycles. The third-order valence-electron chi connectivity index (χ3n) is 4.01. The van der Waals surface area contributed by atoms with Gasteiger partial charge in [0, 0.05) is 5.56 Å². The van der Waals surface area contributed by atoms with Crippen LogP contribution in [0.25, 0.3) is 11.1 Å². The predicted octanol–water partition coefficient (Wildman–Crippen LogP) is 5.19. The molecule has 0 fully saturated rings. The van der Waals surface area contributed by atoms with E-state index in [1.165, 1.54) is 6.07 Å². The van der Waals surface area contributed by atoms with Gasteiger partial charge in [-0.2, -0.15) is 0 Å². The first-order valence-corrected chi connectivity index (χ1v) is 7.66. The number of halogens is 1. The zero-order valence-electron chi connectivity index (χ0n) is 13.3. The van der Waals surface area contributed by atoms with Crippen molar-refractivity contribution in [2.45, 2.75) is 20.0 Å². The lowest BCUT2D eigenvalue weighted by Gasteiger charge is -2.17. The van der Waals surface area contributed by atoms with E-state index in [4.69, 9.17) is 0 Å². The van der Waals surface area contributed by atoms with Crippen LogP contribution in [-0.4, -0.2) is 5.11 Å². The molecule has 1 unspecified atom stereocenters. The molecule has 1 N–H and O–H groups in total. The predicted molar refractivity (Wildman–Crippen MR) is 91.8 cm³/mol. The van der Waals surface area contributed by atoms with Crippen LogP contribution in [0.1, 0.15) is 28.4 Å². The van der Waals surface area contributed by atoms with Gasteiger partial charge >= 0.3 is 0 Å². The maximum atomic E-state index is 14.5. The van der Waals surface area contributed by atoms with E-state index in [1.807, 2.05) is 62.4 Å². The minimum Gasteiger partial charge on any atom is -0.384 e. The molecule has 0 bridgehead atoms. The Morgan fingerprint density at radius 3 is 2.17 bits per heavy atom. The number of aliphatic hydroxyl groups is 1. The SMILES string of the molecule is Cc1cccc(-c2c(F)cccc2C(O)c2cccc(C)c2)c1. The van der Waals surface area contributed by atoms with Crippen LogP contribution in [0, 0.1) is 19.7 Å². The maximum Gasteiger partial charge on any atom is 0.131 e. The van der Waals surface area contributed by atoms with Gasteiger partial charge in [-0.3, -0.25) is 0 Å². The topological polar surface area (TPSA) is 20.2 Å². The van der Waals surface area contributed by atoms with Gasteiger partial charge in [0.15, 0.2) is 0 Å². The summed E-state index contributed by atoms with van der Waals surface area (Å²) in [6, 6.07) is 20.2. The van der Waals surface area contributed by atoms with Gasteiger partial charge in [0.1, 0.15) is 11.9 Å². The molecule has 1 nitrogen and oxygen atoms in total. The molecule has 0 spiro atoms. The molecule has 0 heterocycles. The third-order valence-corrected chi connectivity index (χ3v) is 4.01. The van der Waals surface area contributed by atoms with Crippen LogP contribution < -0.4 is 0 Å². The number of aliphatic hydroxyl groups excluding tert-OH is 1. The molecular formula is C21H19FO. The second-order valence-electron chi connectivity index (χ2n) is 5.89. The summed E-state index contributed by atoms with van der Waals surface area (Å²) < 4.78 is 14.5. The summed E-state index contributed by atoms with van der Waals surface area (Å²) in [5.41, 5.74) is 4.72. The van der Waals surface area contributed by atoms with Gasteiger partial charge < -0.3 is 5.11 Å². The normalized spacial score (nSPS) is 12.2. The van der Waals surface area contributed by atoms with Gasteiger partial charge in [-0.25, -0.2) is 4.39 Å². The van der Waals surface area contributed by atoms with Crippen molar-refractivity contribution in [3.63, 3.8) is 0 Å². The lowest BCUT2D eigenvalue weighted by atomic mass is 9.91. The Labute approximate surface area is 136 Å². The van der Waals surface area contributed by atoms with Crippen LogP contribution in [0.3, 0.4) is 0 Å². The molecule has 116 valence electrons. The zero-order chi connectivity index (χ0) is 16.4. The zero-order valence-corrected chi connectivity index (χ0v) is 13.3. The summed E-state index contributed by atoms with van der Waals surface area (Å²) >= 11 is 0. The highest BCUT2D eigenvalue weighted by atomic mass is 19.1. The number of benzene rings is 3. The van der Waals surface area contributed by atoms with Gasteiger partial charge in [-0.05, 0) is 36.6 Å². The average molecular weight is 306 g/mol. The fraction of sp³-hybridized carbons (Fsp3) is 0.143. The molecule has 1 atom stereocenters. The van der Waals surface area contributed by atoms with Gasteiger partial charge in [-0.1, -0.05) is 71.8 Å². The molecular weight excluding hydrogens is 287 g/mol. The number of hydrogen-bond donors (Lipinski definition) is 1. The van der Waals surface area contributed by atoms with Crippen molar-refractivity contribution in [3.8, 4) is 11.1 Å². The van der Waals surface area contributed by atoms with E-state index in [0.29, 0.717) is 11.1 Å². The van der Waals surface area contributed by atoms with E-state index in [-0.39, 0.29) is 5.82 Å². The lowest BCUT2D eigenvalue weighted by molar-refractivity contribution is 0.220. The van der Waals surface area contributed by atoms with Crippen molar-refractivity contribution in [3.05, 3.63) is 94.8 Å². The lowest BCUT2D eigenvalue weighted by Crippen LogP contribution is -2.04. The first kappa shape index (κ1) is 15.4. The Hall–Kier alpha value is -2.45. The monoisotopic (exact) mass is 306 g/mol. The van der Waals surface area contributed by atoms with Crippen LogP contribution in [0.4, 0.5) is 4.39 Å². The first-order chi connectivity index (χ1) is 11.1. The highest BCUT2D eigenvalue weighted by Crippen LogP contribution is 2.34. The molecule has 0 aromatic heterocycles. The van der Waals surface area contributed by atoms with Crippen LogP contribution in [-0.2, 0) is 0 Å². The molecule has 0 aliphatic heterocycles. The fourth-order valence-electron chi connectivity index (χ4n) is 2.89. The summed E-state index contributed by atoms with van der Waals surface area (Å²) in [7, 11) is 0. The van der Waals surface area contributed by atoms with Gasteiger partial charge in [0.25, 0.3) is 0 Å². The van der Waals surface area contributed by atoms with Crippen molar-refractivity contribution in [2.75, 3.05) is 0 Å². The molecule has 0 amide bonds. The Kier molecular flexibility index (Phi) is 4.26. The van der Waals surface area contributed by atoms with E-state index in [2.05, 4.69) is 0 Å². The molecule has 23 heavy (non-hydrogen) atoms. The third kappa shape index (κ3) is 3.17. The second kappa shape index (κ2) is 6.35. The summed E-state index contributed by atoms with van der Waals surface area (Å²) in [4.78, 5) is 0. The maximum absolute atomic E-state index is 14.5. The smallest absolute Gasteiger partial charge is 0.131 e. The summed E-state index contributed by atoms with van der Waals surface area (Å²) in [6.07, 6.45) is -0.860. The van der Waals surface area contributed by atoms with E-state index < -0.39 is 6.10 Å². The molecule has 0 aliphatic carbocycles. The summed E-state index contributed by atoms with van der Waals surface area (Å²) in [5.74, 6) is -0.320. The molecule has 2 heteroatoms. The van der Waals surface area contributed by atoms with Gasteiger partial charge in [-0.15, -0.1) is 0 Å². The summed E-state index contributed by atoms with van der Waals surface area (Å²) in [6.45, 7) is 3.95. The van der Waals surface area contributed by atoms with Crippen molar-refractivity contribution in [2.24, 2.45) is 0 Å². The molecule has 3 aromatic rings. The Morgan fingerprint density at radius 2 is 1.48 bits per heavy atom. The largest absolute Gasteiger partial charge is 0.384 e. The fourth-order valence-corrected chi connectivity index (χ4v) is 2.89. The summed E-state index contributed by atoms with van der Waals surface area (Å²) in [5, 5.41) is 10.8. The highest BCUT2D eigenvalue weighted by molar-refractivity contribution is 5.70. The molecule has 3 aromatic carbocycles. The minimum absolute atomic E-state index is 0.320. The van der Waals surface area contributed by atoms with E-state index in [0.717, 1.165) is 22.3 Å². The minimum atomic E-state index is -0.860. The second-order valence-corrected chi connectivity index (χ2v) is 5.89. The van der Waals surface area contributed by atoms with Crippen molar-refractivity contribution in [1.29, 1.82) is 0 Å². The number of aryl methyl sites for hydroxylation is 2. The Morgan fingerprint density at radius 1 is 0.826 bits per heavy atom. The first-order valence-electron chi connectivity index (χ1n) is 7.66. The Bertz CT molecular complexity index is 839. The van der Waals surface area contributed by atoms with Gasteiger partial charge in [0.2, 0.25) is 0 Å². The van der Waals surface area contributed by atoms with Crippen LogP contribution in [0.2, 0.25) is 0 Å². The van der Waals surface area contributed by atoms with E-state index >= 15 is 0 Å². The average Bonchev–Trinajstić information content (AvgIpc) is 2.54. The van der Waals surface area contributed by atoms with Crippen molar-refractivity contribution >= 4 is 0 Å². The van der Waals surface area contributed by atoms with E-state index in [1.54, 1.807) is 12.1 Å². The molecule has 3 rings (SSSR count).